The van der Waals surface area contributed by atoms with Gasteiger partial charge >= 0.3 is 0 Å². The molecule has 0 spiro atoms. The Labute approximate surface area is 163 Å². The van der Waals surface area contributed by atoms with Gasteiger partial charge in [0.25, 0.3) is 0 Å². The van der Waals surface area contributed by atoms with Crippen molar-refractivity contribution in [1.29, 1.82) is 0 Å². The number of likely N-dealkylation sites (N-methyl/N-ethyl adjacent to an activating group) is 1. The number of pyridine rings is 1. The van der Waals surface area contributed by atoms with Crippen LogP contribution >= 0.6 is 12.2 Å². The van der Waals surface area contributed by atoms with Gasteiger partial charge in [-0.15, -0.1) is 0 Å². The maximum absolute atomic E-state index is 5.84. The van der Waals surface area contributed by atoms with Crippen LogP contribution in [0.1, 0.15) is 36.6 Å². The van der Waals surface area contributed by atoms with Crippen LogP contribution < -0.4 is 10.2 Å². The summed E-state index contributed by atoms with van der Waals surface area (Å²) in [5.74, 6) is 0. The molecule has 0 saturated heterocycles. The Morgan fingerprint density at radius 3 is 2.65 bits per heavy atom. The van der Waals surface area contributed by atoms with E-state index >= 15 is 0 Å². The number of nitrogens with zero attached hydrogens (tertiary/aromatic N) is 2. The van der Waals surface area contributed by atoms with Crippen molar-refractivity contribution in [2.75, 3.05) is 32.5 Å². The van der Waals surface area contributed by atoms with Gasteiger partial charge in [0.1, 0.15) is 0 Å². The highest BCUT2D eigenvalue weighted by atomic mass is 32.1. The van der Waals surface area contributed by atoms with E-state index in [9.17, 15) is 0 Å². The molecule has 0 aliphatic carbocycles. The second kappa shape index (κ2) is 9.64. The zero-order chi connectivity index (χ0) is 19.1. The van der Waals surface area contributed by atoms with E-state index in [4.69, 9.17) is 12.2 Å². The summed E-state index contributed by atoms with van der Waals surface area (Å²) < 4.78 is 0. The van der Waals surface area contributed by atoms with Crippen LogP contribution in [0.15, 0.2) is 42.7 Å². The molecule has 0 radical (unpaired) electrons. The summed E-state index contributed by atoms with van der Waals surface area (Å²) in [5, 5.41) is 4.30. The van der Waals surface area contributed by atoms with E-state index in [2.05, 4.69) is 74.3 Å². The van der Waals surface area contributed by atoms with Gasteiger partial charge in [-0.25, -0.2) is 0 Å². The molecular weight excluding hydrogens is 340 g/mol. The lowest BCUT2D eigenvalue weighted by atomic mass is 10.1. The van der Waals surface area contributed by atoms with Crippen LogP contribution in [0, 0.1) is 6.92 Å². The van der Waals surface area contributed by atoms with E-state index in [-0.39, 0.29) is 6.04 Å². The number of hydrogen-bond acceptors (Lipinski definition) is 2. The molecule has 0 saturated carbocycles. The van der Waals surface area contributed by atoms with E-state index < -0.39 is 0 Å². The van der Waals surface area contributed by atoms with E-state index in [1.54, 1.807) is 0 Å². The van der Waals surface area contributed by atoms with E-state index in [0.717, 1.165) is 30.3 Å². The number of rotatable bonds is 7. The van der Waals surface area contributed by atoms with Crippen LogP contribution in [0.2, 0.25) is 0 Å². The molecule has 1 aromatic heterocycles. The summed E-state index contributed by atoms with van der Waals surface area (Å²) in [7, 11) is 4.33. The molecule has 0 amide bonds. The summed E-state index contributed by atoms with van der Waals surface area (Å²) in [4.78, 5) is 7.95. The SMILES string of the molecule is CCc1cccc(C)c1NC(=S)N(CC[NH+](C)C)C(C)c1cccnc1. The first-order valence-electron chi connectivity index (χ1n) is 9.29. The molecule has 0 fully saturated rings. The Morgan fingerprint density at radius 1 is 1.27 bits per heavy atom. The van der Waals surface area contributed by atoms with Crippen LogP contribution in [0.4, 0.5) is 5.69 Å². The minimum Gasteiger partial charge on any atom is -0.338 e. The lowest BCUT2D eigenvalue weighted by Gasteiger charge is -2.32. The number of nitrogens with one attached hydrogen (secondary N) is 2. The van der Waals surface area contributed by atoms with Crippen LogP contribution in [0.25, 0.3) is 0 Å². The number of para-hydroxylation sites is 1. The molecule has 0 aliphatic heterocycles. The highest BCUT2D eigenvalue weighted by Gasteiger charge is 2.21. The van der Waals surface area contributed by atoms with Gasteiger partial charge in [0.2, 0.25) is 0 Å². The number of quaternary nitrogens is 1. The number of hydrogen-bond donors (Lipinski definition) is 2. The molecule has 1 atom stereocenters. The number of benzene rings is 1. The summed E-state index contributed by atoms with van der Waals surface area (Å²) in [6.45, 7) is 8.39. The van der Waals surface area contributed by atoms with Gasteiger partial charge in [-0.3, -0.25) is 4.98 Å². The van der Waals surface area contributed by atoms with Crippen molar-refractivity contribution < 1.29 is 4.90 Å². The molecule has 5 heteroatoms. The van der Waals surface area contributed by atoms with Crippen LogP contribution in [-0.2, 0) is 6.42 Å². The van der Waals surface area contributed by atoms with E-state index in [0.29, 0.717) is 0 Å². The first-order chi connectivity index (χ1) is 12.4. The van der Waals surface area contributed by atoms with Crippen molar-refractivity contribution in [2.24, 2.45) is 0 Å². The van der Waals surface area contributed by atoms with Crippen molar-refractivity contribution in [3.63, 3.8) is 0 Å². The van der Waals surface area contributed by atoms with Crippen LogP contribution in [-0.4, -0.2) is 42.2 Å². The maximum Gasteiger partial charge on any atom is 0.174 e. The van der Waals surface area contributed by atoms with Crippen molar-refractivity contribution in [1.82, 2.24) is 9.88 Å². The second-order valence-corrected chi connectivity index (χ2v) is 7.39. The van der Waals surface area contributed by atoms with Crippen molar-refractivity contribution in [3.8, 4) is 0 Å². The largest absolute Gasteiger partial charge is 0.338 e. The third-order valence-corrected chi connectivity index (χ3v) is 5.06. The molecule has 2 N–H and O–H groups in total. The third-order valence-electron chi connectivity index (χ3n) is 4.72. The van der Waals surface area contributed by atoms with Crippen molar-refractivity contribution >= 4 is 23.0 Å². The van der Waals surface area contributed by atoms with Gasteiger partial charge in [0.05, 0.1) is 33.2 Å². The maximum atomic E-state index is 5.84. The van der Waals surface area contributed by atoms with Crippen molar-refractivity contribution in [2.45, 2.75) is 33.2 Å². The number of thiocarbonyl (C=S) groups is 1. The summed E-state index contributed by atoms with van der Waals surface area (Å²) in [6.07, 6.45) is 4.71. The van der Waals surface area contributed by atoms with Gasteiger partial charge in [0.15, 0.2) is 5.11 Å². The fourth-order valence-corrected chi connectivity index (χ4v) is 3.35. The van der Waals surface area contributed by atoms with E-state index in [1.807, 2.05) is 18.5 Å². The smallest absolute Gasteiger partial charge is 0.174 e. The number of aryl methyl sites for hydroxylation is 2. The molecule has 1 aromatic carbocycles. The molecular formula is C21H31N4S+. The Bertz CT molecular complexity index is 715. The van der Waals surface area contributed by atoms with E-state index in [1.165, 1.54) is 21.6 Å². The minimum atomic E-state index is 0.164. The average Bonchev–Trinajstić information content (AvgIpc) is 2.63. The summed E-state index contributed by atoms with van der Waals surface area (Å²) in [6, 6.07) is 10.7. The monoisotopic (exact) mass is 371 g/mol. The Hall–Kier alpha value is -1.98. The molecule has 0 aliphatic rings. The normalized spacial score (nSPS) is 12.1. The Morgan fingerprint density at radius 2 is 2.04 bits per heavy atom. The highest BCUT2D eigenvalue weighted by molar-refractivity contribution is 7.80. The van der Waals surface area contributed by atoms with Crippen molar-refractivity contribution in [3.05, 3.63) is 59.4 Å². The number of aromatic nitrogens is 1. The molecule has 1 heterocycles. The lowest BCUT2D eigenvalue weighted by Crippen LogP contribution is -3.06. The molecule has 26 heavy (non-hydrogen) atoms. The zero-order valence-corrected chi connectivity index (χ0v) is 17.4. The Balaban J connectivity index is 2.26. The standard InChI is InChI=1S/C21H30N4S/c1-6-18-10-7-9-16(2)20(18)23-21(26)25(14-13-24(4)5)17(3)19-11-8-12-22-15-19/h7-12,15,17H,6,13-14H2,1-5H3,(H,23,26)/p+1. The second-order valence-electron chi connectivity index (χ2n) is 7.01. The van der Waals surface area contributed by atoms with Gasteiger partial charge in [-0.1, -0.05) is 31.2 Å². The average molecular weight is 372 g/mol. The topological polar surface area (TPSA) is 32.6 Å². The van der Waals surface area contributed by atoms with Gasteiger partial charge in [0, 0.05) is 18.1 Å². The fourth-order valence-electron chi connectivity index (χ4n) is 3.00. The zero-order valence-electron chi connectivity index (χ0n) is 16.5. The van der Waals surface area contributed by atoms with Crippen LogP contribution in [0.3, 0.4) is 0 Å². The summed E-state index contributed by atoms with van der Waals surface area (Å²) in [5.41, 5.74) is 4.82. The minimum absolute atomic E-state index is 0.164. The number of anilines is 1. The highest BCUT2D eigenvalue weighted by Crippen LogP contribution is 2.24. The van der Waals surface area contributed by atoms with Crippen LogP contribution in [0.5, 0.6) is 0 Å². The predicted octanol–water partition coefficient (Wildman–Crippen LogP) is 2.86. The Kier molecular flexibility index (Phi) is 7.54. The lowest BCUT2D eigenvalue weighted by molar-refractivity contribution is -0.857. The molecule has 1 unspecified atom stereocenters. The van der Waals surface area contributed by atoms with Gasteiger partial charge < -0.3 is 15.1 Å². The molecule has 2 aromatic rings. The predicted molar refractivity (Wildman–Crippen MR) is 114 cm³/mol. The molecule has 0 bridgehead atoms. The van der Waals surface area contributed by atoms with Gasteiger partial charge in [-0.05, 0) is 55.2 Å². The first kappa shape index (κ1) is 20.3. The third kappa shape index (κ3) is 5.26. The molecule has 2 rings (SSSR count). The first-order valence-corrected chi connectivity index (χ1v) is 9.70. The summed E-state index contributed by atoms with van der Waals surface area (Å²) >= 11 is 5.84. The molecule has 140 valence electrons. The molecule has 4 nitrogen and oxygen atoms in total. The fraction of sp³-hybridized carbons (Fsp3) is 0.429. The quantitative estimate of drug-likeness (QED) is 0.733. The van der Waals surface area contributed by atoms with Gasteiger partial charge in [-0.2, -0.15) is 0 Å².